The van der Waals surface area contributed by atoms with Crippen LogP contribution in [-0.2, 0) is 13.1 Å². The van der Waals surface area contributed by atoms with Crippen LogP contribution in [0.3, 0.4) is 0 Å². The summed E-state index contributed by atoms with van der Waals surface area (Å²) in [6, 6.07) is 17.8. The van der Waals surface area contributed by atoms with Gasteiger partial charge in [0.15, 0.2) is 11.6 Å². The number of aryl methyl sites for hydroxylation is 4. The van der Waals surface area contributed by atoms with Gasteiger partial charge in [0.05, 0.1) is 0 Å². The van der Waals surface area contributed by atoms with Crippen molar-refractivity contribution in [1.29, 1.82) is 0 Å². The van der Waals surface area contributed by atoms with Crippen molar-refractivity contribution in [2.45, 2.75) is 73.5 Å². The minimum atomic E-state index is -0.830. The molecule has 5 aromatic rings. The van der Waals surface area contributed by atoms with Gasteiger partial charge in [0.25, 0.3) is 0 Å². The average molecular weight is 631 g/mol. The molecule has 0 aliphatic carbocycles. The third kappa shape index (κ3) is 7.28. The van der Waals surface area contributed by atoms with Crippen molar-refractivity contribution in [1.82, 2.24) is 14.9 Å². The smallest absolute Gasteiger partial charge is 0.160 e. The molecule has 1 saturated heterocycles. The van der Waals surface area contributed by atoms with E-state index in [0.717, 1.165) is 54.7 Å². The second kappa shape index (κ2) is 13.7. The molecule has 0 N–H and O–H groups in total. The van der Waals surface area contributed by atoms with Gasteiger partial charge in [-0.15, -0.1) is 0 Å². The molecule has 1 aliphatic heterocycles. The van der Waals surface area contributed by atoms with E-state index < -0.39 is 11.6 Å². The summed E-state index contributed by atoms with van der Waals surface area (Å²) in [6.07, 6.45) is 9.52. The molecule has 1 aliphatic rings. The van der Waals surface area contributed by atoms with Crippen LogP contribution in [0, 0.1) is 53.2 Å². The lowest BCUT2D eigenvalue weighted by Gasteiger charge is -2.40. The minimum Gasteiger partial charge on any atom is -0.364 e. The van der Waals surface area contributed by atoms with E-state index in [1.165, 1.54) is 56.6 Å². The first-order valence-electron chi connectivity index (χ1n) is 16.5. The topological polar surface area (TPSA) is 32.3 Å². The third-order valence-electron chi connectivity index (χ3n) is 10.1. The summed E-state index contributed by atoms with van der Waals surface area (Å²) in [5, 5.41) is 0. The largest absolute Gasteiger partial charge is 0.364 e. The lowest BCUT2D eigenvalue weighted by atomic mass is 9.96. The van der Waals surface area contributed by atoms with Gasteiger partial charge in [-0.05, 0) is 134 Å². The van der Waals surface area contributed by atoms with E-state index >= 15 is 0 Å². The number of hydrogen-bond acceptors (Lipinski definition) is 4. The number of piperidine rings is 1. The maximum Gasteiger partial charge on any atom is 0.160 e. The standard InChI is InChI=1S/C41H44F2N4/c1-26-13-34(14-27(2)30(26)5)36-17-32(20-44-22-36)24-46-11-9-38(10-12-46)47(39-7-8-40(42)41(43)19-39)25-33-18-37(23-45-21-33)35-15-28(3)31(6)29(4)16-35/h7-8,13-23,38H,9-12,24-25H2,1-6H3. The monoisotopic (exact) mass is 630 g/mol. The predicted octanol–water partition coefficient (Wildman–Crippen LogP) is 9.61. The number of aromatic nitrogens is 2. The summed E-state index contributed by atoms with van der Waals surface area (Å²) in [6.45, 7) is 16.1. The molecule has 0 unspecified atom stereocenters. The van der Waals surface area contributed by atoms with E-state index in [0.29, 0.717) is 12.2 Å². The number of anilines is 1. The fraction of sp³-hybridized carbons (Fsp3) is 0.317. The number of benzene rings is 3. The Hall–Kier alpha value is -4.42. The van der Waals surface area contributed by atoms with Crippen molar-refractivity contribution in [2.75, 3.05) is 18.0 Å². The van der Waals surface area contributed by atoms with E-state index in [1.807, 2.05) is 24.8 Å². The minimum absolute atomic E-state index is 0.173. The van der Waals surface area contributed by atoms with Gasteiger partial charge in [0, 0.05) is 79.9 Å². The predicted molar refractivity (Wildman–Crippen MR) is 189 cm³/mol. The Morgan fingerprint density at radius 3 is 1.66 bits per heavy atom. The van der Waals surface area contributed by atoms with Gasteiger partial charge >= 0.3 is 0 Å². The zero-order valence-corrected chi connectivity index (χ0v) is 28.4. The molecular weight excluding hydrogens is 586 g/mol. The molecule has 0 amide bonds. The highest BCUT2D eigenvalue weighted by molar-refractivity contribution is 5.67. The van der Waals surface area contributed by atoms with Crippen LogP contribution in [0.1, 0.15) is 57.3 Å². The van der Waals surface area contributed by atoms with E-state index in [4.69, 9.17) is 0 Å². The Balaban J connectivity index is 1.19. The van der Waals surface area contributed by atoms with Crippen LogP contribution in [0.15, 0.2) is 79.4 Å². The van der Waals surface area contributed by atoms with Gasteiger partial charge in [0.1, 0.15) is 0 Å². The molecule has 0 saturated carbocycles. The molecule has 6 heteroatoms. The first-order chi connectivity index (χ1) is 22.5. The zero-order chi connectivity index (χ0) is 33.2. The van der Waals surface area contributed by atoms with Crippen molar-refractivity contribution < 1.29 is 8.78 Å². The average Bonchev–Trinajstić information content (AvgIpc) is 3.06. The van der Waals surface area contributed by atoms with Crippen LogP contribution in [0.4, 0.5) is 14.5 Å². The number of hydrogen-bond donors (Lipinski definition) is 0. The molecule has 0 bridgehead atoms. The highest BCUT2D eigenvalue weighted by atomic mass is 19.2. The quantitative estimate of drug-likeness (QED) is 0.171. The van der Waals surface area contributed by atoms with E-state index in [-0.39, 0.29) is 6.04 Å². The van der Waals surface area contributed by atoms with Gasteiger partial charge in [-0.1, -0.05) is 24.3 Å². The molecule has 4 nitrogen and oxygen atoms in total. The fourth-order valence-electron chi connectivity index (χ4n) is 6.81. The zero-order valence-electron chi connectivity index (χ0n) is 28.4. The molecular formula is C41H44F2N4. The Morgan fingerprint density at radius 2 is 1.13 bits per heavy atom. The maximum atomic E-state index is 14.5. The van der Waals surface area contributed by atoms with Gasteiger partial charge in [-0.25, -0.2) is 8.78 Å². The molecule has 0 spiro atoms. The first kappa shape index (κ1) is 32.5. The Morgan fingerprint density at radius 1 is 0.617 bits per heavy atom. The summed E-state index contributed by atoms with van der Waals surface area (Å²) in [4.78, 5) is 13.9. The summed E-state index contributed by atoms with van der Waals surface area (Å²) in [5.74, 6) is -1.65. The van der Waals surface area contributed by atoms with Gasteiger partial charge < -0.3 is 4.90 Å². The van der Waals surface area contributed by atoms with Crippen molar-refractivity contribution in [2.24, 2.45) is 0 Å². The summed E-state index contributed by atoms with van der Waals surface area (Å²) in [5.41, 5.74) is 15.2. The number of likely N-dealkylation sites (tertiary alicyclic amines) is 1. The molecule has 6 rings (SSSR count). The van der Waals surface area contributed by atoms with Crippen molar-refractivity contribution >= 4 is 5.69 Å². The molecule has 2 aromatic heterocycles. The highest BCUT2D eigenvalue weighted by Crippen LogP contribution is 2.31. The van der Waals surface area contributed by atoms with Gasteiger partial charge in [-0.3, -0.25) is 14.9 Å². The number of halogens is 2. The SMILES string of the molecule is Cc1cc(-c2cncc(CN3CCC(N(Cc4cncc(-c5cc(C)c(C)c(C)c5)c4)c4ccc(F)c(F)c4)CC3)c2)cc(C)c1C. The molecule has 1 fully saturated rings. The normalized spacial score (nSPS) is 14.0. The third-order valence-corrected chi connectivity index (χ3v) is 10.1. The Labute approximate surface area is 278 Å². The van der Waals surface area contributed by atoms with Crippen molar-refractivity contribution in [3.05, 3.63) is 136 Å². The van der Waals surface area contributed by atoms with E-state index in [2.05, 4.69) is 97.7 Å². The van der Waals surface area contributed by atoms with Gasteiger partial charge in [-0.2, -0.15) is 0 Å². The Bertz CT molecular complexity index is 1860. The van der Waals surface area contributed by atoms with Crippen LogP contribution < -0.4 is 4.90 Å². The molecule has 0 atom stereocenters. The lowest BCUT2D eigenvalue weighted by Crippen LogP contribution is -2.44. The maximum absolute atomic E-state index is 14.5. The molecule has 3 heterocycles. The van der Waals surface area contributed by atoms with E-state index in [9.17, 15) is 8.78 Å². The van der Waals surface area contributed by atoms with Crippen LogP contribution >= 0.6 is 0 Å². The first-order valence-corrected chi connectivity index (χ1v) is 16.5. The lowest BCUT2D eigenvalue weighted by molar-refractivity contribution is 0.200. The van der Waals surface area contributed by atoms with Crippen LogP contribution in [0.2, 0.25) is 0 Å². The number of pyridine rings is 2. The molecule has 47 heavy (non-hydrogen) atoms. The molecule has 3 aromatic carbocycles. The van der Waals surface area contributed by atoms with Crippen molar-refractivity contribution in [3.8, 4) is 22.3 Å². The number of nitrogens with zero attached hydrogens (tertiary/aromatic N) is 4. The van der Waals surface area contributed by atoms with Crippen molar-refractivity contribution in [3.63, 3.8) is 0 Å². The highest BCUT2D eigenvalue weighted by Gasteiger charge is 2.26. The molecule has 0 radical (unpaired) electrons. The second-order valence-electron chi connectivity index (χ2n) is 13.4. The molecule has 242 valence electrons. The summed E-state index contributed by atoms with van der Waals surface area (Å²) in [7, 11) is 0. The van der Waals surface area contributed by atoms with E-state index in [1.54, 1.807) is 6.07 Å². The van der Waals surface area contributed by atoms with Gasteiger partial charge in [0.2, 0.25) is 0 Å². The van der Waals surface area contributed by atoms with Crippen LogP contribution in [0.5, 0.6) is 0 Å². The Kier molecular flexibility index (Phi) is 9.51. The van der Waals surface area contributed by atoms with Crippen LogP contribution in [0.25, 0.3) is 22.3 Å². The van der Waals surface area contributed by atoms with Crippen LogP contribution in [-0.4, -0.2) is 34.0 Å². The summed E-state index contributed by atoms with van der Waals surface area (Å²) >= 11 is 0. The summed E-state index contributed by atoms with van der Waals surface area (Å²) < 4.78 is 28.5. The number of rotatable bonds is 8. The fourth-order valence-corrected chi connectivity index (χ4v) is 6.81. The second-order valence-corrected chi connectivity index (χ2v) is 13.4.